The van der Waals surface area contributed by atoms with E-state index in [-0.39, 0.29) is 6.03 Å². The lowest BCUT2D eigenvalue weighted by atomic mass is 10.4. The van der Waals surface area contributed by atoms with Crippen LogP contribution in [0.2, 0.25) is 0 Å². The first kappa shape index (κ1) is 10.3. The minimum Gasteiger partial charge on any atom is -0.323 e. The van der Waals surface area contributed by atoms with Gasteiger partial charge in [0.05, 0.1) is 0 Å². The van der Waals surface area contributed by atoms with E-state index in [1.807, 2.05) is 0 Å². The third-order valence-corrected chi connectivity index (χ3v) is 1.45. The Labute approximate surface area is 68.8 Å². The molecule has 2 amide bonds. The van der Waals surface area contributed by atoms with Crippen molar-refractivity contribution in [1.29, 1.82) is 0 Å². The Kier molecular flexibility index (Phi) is 5.61. The van der Waals surface area contributed by atoms with Gasteiger partial charge in [0.1, 0.15) is 0 Å². The molecule has 0 spiro atoms. The summed E-state index contributed by atoms with van der Waals surface area (Å²) in [6, 6.07) is -0.0892. The second-order valence-electron chi connectivity index (χ2n) is 2.49. The summed E-state index contributed by atoms with van der Waals surface area (Å²) in [4.78, 5) is 12.8. The maximum absolute atomic E-state index is 11.1. The summed E-state index contributed by atoms with van der Waals surface area (Å²) in [5.41, 5.74) is 0. The Hall–Kier alpha value is -0.730. The number of nitrogens with zero attached hydrogens (tertiary/aromatic N) is 2. The van der Waals surface area contributed by atoms with Gasteiger partial charge in [-0.3, -0.25) is 0 Å². The van der Waals surface area contributed by atoms with Crippen LogP contribution >= 0.6 is 0 Å². The number of carbonyl (C=O) groups excluding carboxylic acids is 1. The summed E-state index contributed by atoms with van der Waals surface area (Å²) in [5, 5.41) is 3.61. The number of rotatable bonds is 4. The number of hydrogen-bond donors (Lipinski definition) is 0. The summed E-state index contributed by atoms with van der Waals surface area (Å²) >= 11 is 0. The first-order valence-corrected chi connectivity index (χ1v) is 4.15. The molecule has 0 heterocycles. The molecule has 0 aliphatic rings. The zero-order valence-electron chi connectivity index (χ0n) is 7.63. The smallest absolute Gasteiger partial charge is 0.323 e. The Bertz CT molecular complexity index is 109. The van der Waals surface area contributed by atoms with Crippen molar-refractivity contribution < 1.29 is 4.79 Å². The van der Waals surface area contributed by atoms with E-state index in [0.717, 1.165) is 25.9 Å². The quantitative estimate of drug-likeness (QED) is 0.608. The van der Waals surface area contributed by atoms with Crippen LogP contribution in [0.5, 0.6) is 0 Å². The summed E-state index contributed by atoms with van der Waals surface area (Å²) in [7, 11) is 1.54. The van der Waals surface area contributed by atoms with Gasteiger partial charge in [0.25, 0.3) is 0 Å². The topological polar surface area (TPSA) is 34.4 Å². The molecule has 3 heteroatoms. The molecular formula is C8H17N2O. The molecule has 11 heavy (non-hydrogen) atoms. The molecule has 0 atom stereocenters. The van der Waals surface area contributed by atoms with Gasteiger partial charge in [-0.25, -0.2) is 10.1 Å². The Morgan fingerprint density at radius 2 is 1.73 bits per heavy atom. The molecule has 0 aliphatic heterocycles. The molecule has 0 rings (SSSR count). The molecule has 0 aromatic carbocycles. The van der Waals surface area contributed by atoms with Crippen LogP contribution in [0.1, 0.15) is 26.7 Å². The van der Waals surface area contributed by atoms with Crippen molar-refractivity contribution in [2.45, 2.75) is 26.7 Å². The fraction of sp³-hybridized carbons (Fsp3) is 0.875. The van der Waals surface area contributed by atoms with Crippen molar-refractivity contribution in [2.24, 2.45) is 0 Å². The maximum Gasteiger partial charge on any atom is 0.338 e. The zero-order valence-corrected chi connectivity index (χ0v) is 7.63. The number of carbonyl (C=O) groups is 1. The normalized spacial score (nSPS) is 9.36. The predicted octanol–water partition coefficient (Wildman–Crippen LogP) is 1.46. The highest BCUT2D eigenvalue weighted by Crippen LogP contribution is 1.94. The monoisotopic (exact) mass is 157 g/mol. The highest BCUT2D eigenvalue weighted by Gasteiger charge is 2.08. The second kappa shape index (κ2) is 6.01. The molecule has 0 aliphatic carbocycles. The first-order valence-electron chi connectivity index (χ1n) is 4.15. The van der Waals surface area contributed by atoms with Crippen molar-refractivity contribution in [1.82, 2.24) is 10.2 Å². The van der Waals surface area contributed by atoms with Crippen molar-refractivity contribution in [3.05, 3.63) is 0 Å². The largest absolute Gasteiger partial charge is 0.338 e. The van der Waals surface area contributed by atoms with E-state index < -0.39 is 0 Å². The number of urea groups is 1. The Morgan fingerprint density at radius 1 is 1.27 bits per heavy atom. The average molecular weight is 157 g/mol. The molecule has 0 bridgehead atoms. The van der Waals surface area contributed by atoms with Crippen LogP contribution < -0.4 is 5.32 Å². The molecule has 0 unspecified atom stereocenters. The van der Waals surface area contributed by atoms with Gasteiger partial charge in [0, 0.05) is 20.1 Å². The lowest BCUT2D eigenvalue weighted by molar-refractivity contribution is 0.199. The Balaban J connectivity index is 3.76. The van der Waals surface area contributed by atoms with Gasteiger partial charge in [-0.05, 0) is 12.8 Å². The van der Waals surface area contributed by atoms with E-state index in [9.17, 15) is 4.79 Å². The molecule has 0 fully saturated rings. The van der Waals surface area contributed by atoms with Gasteiger partial charge in [-0.2, -0.15) is 0 Å². The molecule has 0 aromatic rings. The van der Waals surface area contributed by atoms with E-state index in [4.69, 9.17) is 0 Å². The summed E-state index contributed by atoms with van der Waals surface area (Å²) in [6.07, 6.45) is 2.00. The van der Waals surface area contributed by atoms with E-state index in [1.165, 1.54) is 0 Å². The van der Waals surface area contributed by atoms with Crippen LogP contribution in [-0.2, 0) is 0 Å². The van der Waals surface area contributed by atoms with Crippen LogP contribution in [0.4, 0.5) is 4.79 Å². The highest BCUT2D eigenvalue weighted by molar-refractivity contribution is 5.73. The van der Waals surface area contributed by atoms with Crippen molar-refractivity contribution in [3.8, 4) is 0 Å². The third kappa shape index (κ3) is 3.86. The van der Waals surface area contributed by atoms with Gasteiger partial charge >= 0.3 is 6.03 Å². The van der Waals surface area contributed by atoms with Gasteiger partial charge in [-0.1, -0.05) is 13.8 Å². The van der Waals surface area contributed by atoms with Gasteiger partial charge < -0.3 is 4.90 Å². The summed E-state index contributed by atoms with van der Waals surface area (Å²) in [6.45, 7) is 5.77. The molecule has 3 nitrogen and oxygen atoms in total. The molecular weight excluding hydrogens is 140 g/mol. The lowest BCUT2D eigenvalue weighted by Crippen LogP contribution is -2.35. The third-order valence-electron chi connectivity index (χ3n) is 1.45. The standard InChI is InChI=1S/C8H17N2O/c1-4-6-10(7-5-2)8(11)9-3/h4-7H2,1-3H3. The minimum atomic E-state index is -0.0892. The molecule has 0 N–H and O–H groups in total. The fourth-order valence-corrected chi connectivity index (χ4v) is 0.984. The van der Waals surface area contributed by atoms with Crippen LogP contribution in [0.15, 0.2) is 0 Å². The number of amides is 2. The summed E-state index contributed by atoms with van der Waals surface area (Å²) < 4.78 is 0. The summed E-state index contributed by atoms with van der Waals surface area (Å²) in [5.74, 6) is 0. The molecule has 65 valence electrons. The van der Waals surface area contributed by atoms with Gasteiger partial charge in [0.15, 0.2) is 0 Å². The highest BCUT2D eigenvalue weighted by atomic mass is 16.2. The zero-order chi connectivity index (χ0) is 8.69. The molecule has 0 saturated heterocycles. The molecule has 0 saturated carbocycles. The van der Waals surface area contributed by atoms with Crippen molar-refractivity contribution >= 4 is 6.03 Å². The van der Waals surface area contributed by atoms with E-state index in [1.54, 1.807) is 11.9 Å². The average Bonchev–Trinajstić information content (AvgIpc) is 2.03. The first-order chi connectivity index (χ1) is 5.26. The fourth-order valence-electron chi connectivity index (χ4n) is 0.984. The SMILES string of the molecule is CCCN(CCC)C(=O)[N]C. The van der Waals surface area contributed by atoms with Gasteiger partial charge in [-0.15, -0.1) is 0 Å². The minimum absolute atomic E-state index is 0.0892. The maximum atomic E-state index is 11.1. The van der Waals surface area contributed by atoms with Gasteiger partial charge in [0.2, 0.25) is 0 Å². The number of hydrogen-bond acceptors (Lipinski definition) is 1. The van der Waals surface area contributed by atoms with Crippen LogP contribution in [0, 0.1) is 0 Å². The van der Waals surface area contributed by atoms with E-state index >= 15 is 0 Å². The predicted molar refractivity (Wildman–Crippen MR) is 45.6 cm³/mol. The molecule has 1 radical (unpaired) electrons. The van der Waals surface area contributed by atoms with Crippen LogP contribution in [0.3, 0.4) is 0 Å². The van der Waals surface area contributed by atoms with Crippen LogP contribution in [-0.4, -0.2) is 31.1 Å². The van der Waals surface area contributed by atoms with E-state index in [0.29, 0.717) is 0 Å². The van der Waals surface area contributed by atoms with Crippen molar-refractivity contribution in [2.75, 3.05) is 20.1 Å². The molecule has 0 aromatic heterocycles. The van der Waals surface area contributed by atoms with Crippen molar-refractivity contribution in [3.63, 3.8) is 0 Å². The second-order valence-corrected chi connectivity index (χ2v) is 2.49. The van der Waals surface area contributed by atoms with Crippen LogP contribution in [0.25, 0.3) is 0 Å². The Morgan fingerprint density at radius 3 is 2.00 bits per heavy atom. The lowest BCUT2D eigenvalue weighted by Gasteiger charge is -2.19. The van der Waals surface area contributed by atoms with E-state index in [2.05, 4.69) is 19.2 Å².